The van der Waals surface area contributed by atoms with E-state index < -0.39 is 11.9 Å². The first-order valence-electron chi connectivity index (χ1n) is 7.45. The molecule has 1 aliphatic heterocycles. The normalized spacial score (nSPS) is 20.2. The van der Waals surface area contributed by atoms with Crippen molar-refractivity contribution in [2.45, 2.75) is 31.7 Å². The Morgan fingerprint density at radius 1 is 1.45 bits per heavy atom. The number of benzene rings is 1. The SMILES string of the molecule is CCCN(CC(C(=O)O)c1ccccc1)C1CCNC1. The molecule has 0 spiro atoms. The van der Waals surface area contributed by atoms with Crippen LogP contribution in [0.3, 0.4) is 0 Å². The predicted octanol–water partition coefficient (Wildman–Crippen LogP) is 1.93. The van der Waals surface area contributed by atoms with Gasteiger partial charge in [0.15, 0.2) is 0 Å². The molecular formula is C16H24N2O2. The van der Waals surface area contributed by atoms with Gasteiger partial charge in [-0.3, -0.25) is 9.69 Å². The maximum Gasteiger partial charge on any atom is 0.312 e. The highest BCUT2D eigenvalue weighted by molar-refractivity contribution is 5.76. The van der Waals surface area contributed by atoms with Crippen LogP contribution in [0.15, 0.2) is 30.3 Å². The number of hydrogen-bond acceptors (Lipinski definition) is 3. The van der Waals surface area contributed by atoms with E-state index in [9.17, 15) is 9.90 Å². The maximum atomic E-state index is 11.6. The molecule has 1 aromatic carbocycles. The molecule has 4 heteroatoms. The van der Waals surface area contributed by atoms with Gasteiger partial charge in [0.2, 0.25) is 0 Å². The van der Waals surface area contributed by atoms with Gasteiger partial charge in [0.25, 0.3) is 0 Å². The Balaban J connectivity index is 2.10. The molecule has 2 N–H and O–H groups in total. The Kier molecular flexibility index (Phi) is 5.56. The second kappa shape index (κ2) is 7.41. The fraction of sp³-hybridized carbons (Fsp3) is 0.562. The number of aliphatic carboxylic acids is 1. The lowest BCUT2D eigenvalue weighted by Gasteiger charge is -2.30. The second-order valence-corrected chi connectivity index (χ2v) is 5.44. The molecular weight excluding hydrogens is 252 g/mol. The van der Waals surface area contributed by atoms with Crippen LogP contribution in [0.2, 0.25) is 0 Å². The molecule has 1 heterocycles. The minimum atomic E-state index is -0.733. The monoisotopic (exact) mass is 276 g/mol. The quantitative estimate of drug-likeness (QED) is 0.799. The van der Waals surface area contributed by atoms with E-state index in [0.717, 1.165) is 38.0 Å². The summed E-state index contributed by atoms with van der Waals surface area (Å²) in [5, 5.41) is 12.9. The first kappa shape index (κ1) is 15.0. The number of nitrogens with zero attached hydrogens (tertiary/aromatic N) is 1. The third-order valence-electron chi connectivity index (χ3n) is 3.98. The predicted molar refractivity (Wildman–Crippen MR) is 80.0 cm³/mol. The van der Waals surface area contributed by atoms with Gasteiger partial charge in [-0.25, -0.2) is 0 Å². The largest absolute Gasteiger partial charge is 0.481 e. The molecule has 0 radical (unpaired) electrons. The van der Waals surface area contributed by atoms with Crippen LogP contribution in [0.25, 0.3) is 0 Å². The average Bonchev–Trinajstić information content (AvgIpc) is 2.98. The number of rotatable bonds is 7. The molecule has 2 atom stereocenters. The summed E-state index contributed by atoms with van der Waals surface area (Å²) in [4.78, 5) is 14.0. The molecule has 0 aromatic heterocycles. The first-order valence-corrected chi connectivity index (χ1v) is 7.45. The van der Waals surface area contributed by atoms with Gasteiger partial charge in [-0.15, -0.1) is 0 Å². The van der Waals surface area contributed by atoms with E-state index in [-0.39, 0.29) is 0 Å². The summed E-state index contributed by atoms with van der Waals surface area (Å²) in [6.07, 6.45) is 2.17. The van der Waals surface area contributed by atoms with E-state index in [1.54, 1.807) is 0 Å². The maximum absolute atomic E-state index is 11.6. The molecule has 0 saturated carbocycles. The summed E-state index contributed by atoms with van der Waals surface area (Å²) in [6, 6.07) is 10.0. The van der Waals surface area contributed by atoms with Crippen molar-refractivity contribution in [1.29, 1.82) is 0 Å². The van der Waals surface area contributed by atoms with Crippen molar-refractivity contribution in [3.63, 3.8) is 0 Å². The molecule has 4 nitrogen and oxygen atoms in total. The summed E-state index contributed by atoms with van der Waals surface area (Å²) in [6.45, 7) is 5.71. The van der Waals surface area contributed by atoms with Gasteiger partial charge in [0.05, 0.1) is 5.92 Å². The standard InChI is InChI=1S/C16H24N2O2/c1-2-10-18(14-8-9-17-11-14)12-15(16(19)20)13-6-4-3-5-7-13/h3-7,14-15,17H,2,8-12H2,1H3,(H,19,20). The van der Waals surface area contributed by atoms with E-state index in [4.69, 9.17) is 0 Å². The Bertz CT molecular complexity index is 416. The van der Waals surface area contributed by atoms with Crippen molar-refractivity contribution in [2.75, 3.05) is 26.2 Å². The topological polar surface area (TPSA) is 52.6 Å². The van der Waals surface area contributed by atoms with Gasteiger partial charge in [0.1, 0.15) is 0 Å². The highest BCUT2D eigenvalue weighted by atomic mass is 16.4. The van der Waals surface area contributed by atoms with Crippen molar-refractivity contribution in [2.24, 2.45) is 0 Å². The van der Waals surface area contributed by atoms with Crippen molar-refractivity contribution in [3.8, 4) is 0 Å². The van der Waals surface area contributed by atoms with Crippen molar-refractivity contribution < 1.29 is 9.90 Å². The molecule has 1 saturated heterocycles. The highest BCUT2D eigenvalue weighted by Gasteiger charge is 2.28. The van der Waals surface area contributed by atoms with Crippen molar-refractivity contribution >= 4 is 5.97 Å². The van der Waals surface area contributed by atoms with Crippen LogP contribution in [-0.4, -0.2) is 48.2 Å². The van der Waals surface area contributed by atoms with Crippen LogP contribution in [0.5, 0.6) is 0 Å². The Labute approximate surface area is 120 Å². The fourth-order valence-electron chi connectivity index (χ4n) is 2.91. The van der Waals surface area contributed by atoms with Crippen LogP contribution in [0.1, 0.15) is 31.2 Å². The summed E-state index contributed by atoms with van der Waals surface area (Å²) in [7, 11) is 0. The molecule has 1 fully saturated rings. The summed E-state index contributed by atoms with van der Waals surface area (Å²) >= 11 is 0. The van der Waals surface area contributed by atoms with Gasteiger partial charge in [-0.1, -0.05) is 37.3 Å². The van der Waals surface area contributed by atoms with Gasteiger partial charge in [0, 0.05) is 19.1 Å². The lowest BCUT2D eigenvalue weighted by atomic mass is 9.97. The van der Waals surface area contributed by atoms with Crippen LogP contribution in [0.4, 0.5) is 0 Å². The molecule has 110 valence electrons. The third kappa shape index (κ3) is 3.81. The summed E-state index contributed by atoms with van der Waals surface area (Å²) in [5.41, 5.74) is 0.895. The fourth-order valence-corrected chi connectivity index (χ4v) is 2.91. The van der Waals surface area contributed by atoms with Crippen LogP contribution in [-0.2, 0) is 4.79 Å². The Morgan fingerprint density at radius 2 is 2.20 bits per heavy atom. The van der Waals surface area contributed by atoms with E-state index in [1.807, 2.05) is 30.3 Å². The van der Waals surface area contributed by atoms with Crippen LogP contribution >= 0.6 is 0 Å². The molecule has 2 rings (SSSR count). The first-order chi connectivity index (χ1) is 9.72. The molecule has 0 bridgehead atoms. The van der Waals surface area contributed by atoms with Gasteiger partial charge >= 0.3 is 5.97 Å². The number of nitrogens with one attached hydrogen (secondary N) is 1. The minimum Gasteiger partial charge on any atom is -0.481 e. The van der Waals surface area contributed by atoms with Crippen LogP contribution < -0.4 is 5.32 Å². The number of carboxylic acids is 1. The zero-order chi connectivity index (χ0) is 14.4. The van der Waals surface area contributed by atoms with E-state index >= 15 is 0 Å². The average molecular weight is 276 g/mol. The Morgan fingerprint density at radius 3 is 2.75 bits per heavy atom. The van der Waals surface area contributed by atoms with Crippen LogP contribution in [0, 0.1) is 0 Å². The number of carbonyl (C=O) groups is 1. The third-order valence-corrected chi connectivity index (χ3v) is 3.98. The lowest BCUT2D eigenvalue weighted by molar-refractivity contribution is -0.139. The highest BCUT2D eigenvalue weighted by Crippen LogP contribution is 2.20. The molecule has 0 aliphatic carbocycles. The molecule has 1 aromatic rings. The lowest BCUT2D eigenvalue weighted by Crippen LogP contribution is -2.41. The van der Waals surface area contributed by atoms with Gasteiger partial charge < -0.3 is 10.4 Å². The zero-order valence-electron chi connectivity index (χ0n) is 12.1. The van der Waals surface area contributed by atoms with E-state index in [2.05, 4.69) is 17.1 Å². The molecule has 0 amide bonds. The van der Waals surface area contributed by atoms with Gasteiger partial charge in [-0.2, -0.15) is 0 Å². The second-order valence-electron chi connectivity index (χ2n) is 5.44. The summed E-state index contributed by atoms with van der Waals surface area (Å²) < 4.78 is 0. The molecule has 1 aliphatic rings. The number of carboxylic acid groups (broad SMARTS) is 1. The molecule has 20 heavy (non-hydrogen) atoms. The minimum absolute atomic E-state index is 0.441. The number of hydrogen-bond donors (Lipinski definition) is 2. The smallest absolute Gasteiger partial charge is 0.312 e. The van der Waals surface area contributed by atoms with Gasteiger partial charge in [-0.05, 0) is 31.5 Å². The zero-order valence-corrected chi connectivity index (χ0v) is 12.1. The molecule has 2 unspecified atom stereocenters. The Hall–Kier alpha value is -1.39. The van der Waals surface area contributed by atoms with Crippen molar-refractivity contribution in [3.05, 3.63) is 35.9 Å². The van der Waals surface area contributed by atoms with Crippen molar-refractivity contribution in [1.82, 2.24) is 10.2 Å². The van der Waals surface area contributed by atoms with E-state index in [0.29, 0.717) is 12.6 Å². The van der Waals surface area contributed by atoms with E-state index in [1.165, 1.54) is 0 Å². The summed E-state index contributed by atoms with van der Waals surface area (Å²) in [5.74, 6) is -1.17.